The molecule has 6 nitrogen and oxygen atoms in total. The minimum atomic E-state index is -0.745. The summed E-state index contributed by atoms with van der Waals surface area (Å²) in [4.78, 5) is 23.0. The number of benzene rings is 1. The second-order valence-electron chi connectivity index (χ2n) is 8.20. The molecule has 2 aromatic rings. The van der Waals surface area contributed by atoms with Gasteiger partial charge in [0, 0.05) is 17.5 Å². The zero-order chi connectivity index (χ0) is 18.3. The fourth-order valence-corrected chi connectivity index (χ4v) is 5.20. The van der Waals surface area contributed by atoms with Crippen LogP contribution in [0.4, 0.5) is 0 Å². The molecule has 0 radical (unpaired) electrons. The van der Waals surface area contributed by atoms with Crippen molar-refractivity contribution < 1.29 is 19.0 Å². The Morgan fingerprint density at radius 1 is 1.08 bits per heavy atom. The van der Waals surface area contributed by atoms with E-state index in [0.717, 1.165) is 35.3 Å². The minimum absolute atomic E-state index is 0.179. The second-order valence-corrected chi connectivity index (χ2v) is 8.20. The van der Waals surface area contributed by atoms with Gasteiger partial charge in [0.1, 0.15) is 5.41 Å². The highest BCUT2D eigenvalue weighted by Gasteiger charge is 2.74. The van der Waals surface area contributed by atoms with E-state index < -0.39 is 5.41 Å². The molecule has 0 amide bonds. The number of ether oxygens (including phenoxy) is 3. The molecule has 0 spiro atoms. The second kappa shape index (κ2) is 4.67. The highest BCUT2D eigenvalue weighted by Crippen LogP contribution is 2.70. The number of rotatable bonds is 2. The fraction of sp³-hybridized carbons (Fsp3) is 0.550. The van der Waals surface area contributed by atoms with Crippen molar-refractivity contribution in [3.05, 3.63) is 23.5 Å². The summed E-state index contributed by atoms with van der Waals surface area (Å²) in [5.74, 6) is 1.19. The topological polar surface area (TPSA) is 70.5 Å². The van der Waals surface area contributed by atoms with E-state index in [0.29, 0.717) is 18.1 Å². The van der Waals surface area contributed by atoms with Crippen molar-refractivity contribution in [2.45, 2.75) is 51.4 Å². The summed E-state index contributed by atoms with van der Waals surface area (Å²) >= 11 is 0. The lowest BCUT2D eigenvalue weighted by Gasteiger charge is -2.38. The Morgan fingerprint density at radius 3 is 2.31 bits per heavy atom. The van der Waals surface area contributed by atoms with Crippen LogP contribution in [0.1, 0.15) is 51.9 Å². The largest absolute Gasteiger partial charge is 0.465 e. The smallest absolute Gasteiger partial charge is 0.318 e. The molecule has 1 fully saturated rings. The maximum absolute atomic E-state index is 13.1. The maximum atomic E-state index is 13.1. The van der Waals surface area contributed by atoms with Crippen LogP contribution in [0.3, 0.4) is 0 Å². The van der Waals surface area contributed by atoms with Gasteiger partial charge in [-0.25, -0.2) is 9.97 Å². The Balaban J connectivity index is 1.81. The van der Waals surface area contributed by atoms with E-state index in [2.05, 4.69) is 20.8 Å². The molecule has 1 aromatic carbocycles. The third kappa shape index (κ3) is 1.53. The third-order valence-electron chi connectivity index (χ3n) is 7.16. The molecule has 1 aromatic heterocycles. The van der Waals surface area contributed by atoms with Crippen molar-refractivity contribution in [3.8, 4) is 11.5 Å². The number of esters is 1. The summed E-state index contributed by atoms with van der Waals surface area (Å²) in [5, 5.41) is 0. The van der Waals surface area contributed by atoms with Crippen LogP contribution in [-0.2, 0) is 20.4 Å². The van der Waals surface area contributed by atoms with Crippen LogP contribution in [0, 0.1) is 5.41 Å². The summed E-state index contributed by atoms with van der Waals surface area (Å²) in [6.07, 6.45) is 1.64. The SMILES string of the molecule is CCOC(=O)C12CCC(C)(c3nc4cc5c(cc4nc31)OCO5)C2(C)C. The number of carbonyl (C=O) groups excluding carboxylic acids is 1. The normalized spacial score (nSPS) is 29.8. The first-order valence-electron chi connectivity index (χ1n) is 9.15. The summed E-state index contributed by atoms with van der Waals surface area (Å²) < 4.78 is 16.5. The van der Waals surface area contributed by atoms with Gasteiger partial charge in [0.05, 0.1) is 29.0 Å². The van der Waals surface area contributed by atoms with Crippen LogP contribution in [0.2, 0.25) is 0 Å². The van der Waals surface area contributed by atoms with Crippen LogP contribution in [0.15, 0.2) is 12.1 Å². The highest BCUT2D eigenvalue weighted by molar-refractivity contribution is 5.89. The summed E-state index contributed by atoms with van der Waals surface area (Å²) in [5.41, 5.74) is 1.92. The lowest BCUT2D eigenvalue weighted by atomic mass is 9.64. The molecule has 2 unspecified atom stereocenters. The van der Waals surface area contributed by atoms with Gasteiger partial charge in [-0.3, -0.25) is 4.79 Å². The number of fused-ring (bicyclic) bond motifs is 7. The first kappa shape index (κ1) is 15.9. The van der Waals surface area contributed by atoms with E-state index >= 15 is 0 Å². The van der Waals surface area contributed by atoms with Crippen LogP contribution in [0.5, 0.6) is 11.5 Å². The van der Waals surface area contributed by atoms with Gasteiger partial charge in [-0.15, -0.1) is 0 Å². The van der Waals surface area contributed by atoms with E-state index in [-0.39, 0.29) is 23.6 Å². The van der Waals surface area contributed by atoms with Gasteiger partial charge < -0.3 is 14.2 Å². The molecule has 2 heterocycles. The number of hydrogen-bond donors (Lipinski definition) is 0. The quantitative estimate of drug-likeness (QED) is 0.771. The van der Waals surface area contributed by atoms with Crippen LogP contribution < -0.4 is 9.47 Å². The Hall–Kier alpha value is -2.37. The lowest BCUT2D eigenvalue weighted by Crippen LogP contribution is -2.46. The minimum Gasteiger partial charge on any atom is -0.465 e. The average Bonchev–Trinajstić information content (AvgIpc) is 3.17. The van der Waals surface area contributed by atoms with E-state index in [1.165, 1.54) is 0 Å². The van der Waals surface area contributed by atoms with Crippen molar-refractivity contribution in [2.24, 2.45) is 5.41 Å². The number of hydrogen-bond acceptors (Lipinski definition) is 6. The Bertz CT molecular complexity index is 970. The number of carbonyl (C=O) groups is 1. The molecule has 1 saturated carbocycles. The van der Waals surface area contributed by atoms with Crippen molar-refractivity contribution in [1.29, 1.82) is 0 Å². The Morgan fingerprint density at radius 2 is 1.69 bits per heavy atom. The van der Waals surface area contributed by atoms with Gasteiger partial charge in [-0.1, -0.05) is 20.8 Å². The number of aromatic nitrogens is 2. The number of nitrogens with zero attached hydrogens (tertiary/aromatic N) is 2. The van der Waals surface area contributed by atoms with Gasteiger partial charge >= 0.3 is 5.97 Å². The van der Waals surface area contributed by atoms with Gasteiger partial charge in [0.2, 0.25) is 6.79 Å². The first-order chi connectivity index (χ1) is 12.3. The van der Waals surface area contributed by atoms with Gasteiger partial charge in [0.15, 0.2) is 11.5 Å². The van der Waals surface area contributed by atoms with Crippen molar-refractivity contribution in [2.75, 3.05) is 13.4 Å². The molecule has 6 heteroatoms. The molecular weight excluding hydrogens is 332 g/mol. The average molecular weight is 354 g/mol. The zero-order valence-electron chi connectivity index (χ0n) is 15.5. The molecule has 0 saturated heterocycles. The Kier molecular flexibility index (Phi) is 2.85. The Labute approximate surface area is 151 Å². The predicted molar refractivity (Wildman–Crippen MR) is 94.3 cm³/mol. The van der Waals surface area contributed by atoms with Crippen molar-refractivity contribution >= 4 is 17.0 Å². The molecular formula is C20H22N2O4. The van der Waals surface area contributed by atoms with Gasteiger partial charge in [-0.2, -0.15) is 0 Å². The molecule has 2 aliphatic carbocycles. The molecule has 136 valence electrons. The molecule has 1 aliphatic heterocycles. The van der Waals surface area contributed by atoms with Gasteiger partial charge in [0.25, 0.3) is 0 Å². The van der Waals surface area contributed by atoms with Crippen molar-refractivity contribution in [3.63, 3.8) is 0 Å². The van der Waals surface area contributed by atoms with Gasteiger partial charge in [-0.05, 0) is 25.2 Å². The predicted octanol–water partition coefficient (Wildman–Crippen LogP) is 3.25. The fourth-order valence-electron chi connectivity index (χ4n) is 5.20. The van der Waals surface area contributed by atoms with E-state index in [9.17, 15) is 4.79 Å². The van der Waals surface area contributed by atoms with E-state index in [1.807, 2.05) is 19.1 Å². The molecule has 0 N–H and O–H groups in total. The molecule has 2 atom stereocenters. The highest BCUT2D eigenvalue weighted by atomic mass is 16.7. The third-order valence-corrected chi connectivity index (χ3v) is 7.16. The zero-order valence-corrected chi connectivity index (χ0v) is 15.5. The molecule has 26 heavy (non-hydrogen) atoms. The first-order valence-corrected chi connectivity index (χ1v) is 9.15. The van der Waals surface area contributed by atoms with Crippen LogP contribution in [-0.4, -0.2) is 29.3 Å². The van der Waals surface area contributed by atoms with Crippen molar-refractivity contribution in [1.82, 2.24) is 9.97 Å². The van der Waals surface area contributed by atoms with Crippen LogP contribution in [0.25, 0.3) is 11.0 Å². The van der Waals surface area contributed by atoms with E-state index in [1.54, 1.807) is 0 Å². The molecule has 2 bridgehead atoms. The van der Waals surface area contributed by atoms with Crippen LogP contribution >= 0.6 is 0 Å². The molecule has 3 aliphatic rings. The summed E-state index contributed by atoms with van der Waals surface area (Å²) in [6, 6.07) is 3.73. The maximum Gasteiger partial charge on any atom is 0.318 e. The summed E-state index contributed by atoms with van der Waals surface area (Å²) in [7, 11) is 0. The standard InChI is InChI=1S/C20H22N2O4/c1-5-24-17(23)20-7-6-19(4,18(20,2)3)15-16(20)22-12-9-14-13(25-10-26-14)8-11(12)21-15/h8-9H,5-7,10H2,1-4H3. The summed E-state index contributed by atoms with van der Waals surface area (Å²) in [6.45, 7) is 8.92. The van der Waals surface area contributed by atoms with E-state index in [4.69, 9.17) is 24.2 Å². The molecule has 5 rings (SSSR count). The lowest BCUT2D eigenvalue weighted by molar-refractivity contribution is -0.154. The monoisotopic (exact) mass is 354 g/mol.